The Labute approximate surface area is 348 Å². The van der Waals surface area contributed by atoms with Crippen LogP contribution in [0.4, 0.5) is 4.79 Å². The maximum Gasteiger partial charge on any atom is 0.417 e. The molecule has 0 unspecified atom stereocenters. The summed E-state index contributed by atoms with van der Waals surface area (Å²) in [6.45, 7) is 15.3. The van der Waals surface area contributed by atoms with Crippen molar-refractivity contribution in [2.24, 2.45) is 5.92 Å². The Morgan fingerprint density at radius 3 is 1.98 bits per heavy atom. The second-order valence-electron chi connectivity index (χ2n) is 17.0. The molecule has 3 aromatic carbocycles. The molecule has 0 spiro atoms. The van der Waals surface area contributed by atoms with Crippen LogP contribution in [0.2, 0.25) is 18.1 Å². The van der Waals surface area contributed by atoms with Gasteiger partial charge in [0.2, 0.25) is 5.91 Å². The number of carbonyl (C=O) groups excluding carboxylic acids is 2. The largest absolute Gasteiger partial charge is 0.440 e. The van der Waals surface area contributed by atoms with Gasteiger partial charge in [-0.3, -0.25) is 4.79 Å². The molecule has 0 bridgehead atoms. The Kier molecular flexibility index (Phi) is 13.7. The van der Waals surface area contributed by atoms with Crippen molar-refractivity contribution >= 4 is 20.3 Å². The monoisotopic (exact) mass is 833 g/mol. The molecule has 4 aliphatic heterocycles. The minimum atomic E-state index is -2.40. The third kappa shape index (κ3) is 9.37. The average Bonchev–Trinajstić information content (AvgIpc) is 3.59. The van der Waals surface area contributed by atoms with Gasteiger partial charge in [-0.25, -0.2) is 9.69 Å². The summed E-state index contributed by atoms with van der Waals surface area (Å²) in [5.74, 6) is -0.159. The number of fused-ring (bicyclic) bond motifs is 2. The molecule has 13 nitrogen and oxygen atoms in total. The molecule has 4 heterocycles. The van der Waals surface area contributed by atoms with Crippen molar-refractivity contribution < 1.29 is 56.6 Å². The van der Waals surface area contributed by atoms with E-state index in [2.05, 4.69) is 40.8 Å². The second-order valence-corrected chi connectivity index (χ2v) is 21.6. The van der Waals surface area contributed by atoms with Crippen molar-refractivity contribution in [3.8, 4) is 0 Å². The topological polar surface area (TPSA) is 130 Å². The summed E-state index contributed by atoms with van der Waals surface area (Å²) >= 11 is 0. The summed E-state index contributed by atoms with van der Waals surface area (Å²) < 4.78 is 65.8. The van der Waals surface area contributed by atoms with E-state index in [1.54, 1.807) is 0 Å². The summed E-state index contributed by atoms with van der Waals surface area (Å²) in [5.41, 5.74) is 2.76. The number of hydrogen-bond donors (Lipinski definition) is 0. The lowest BCUT2D eigenvalue weighted by atomic mass is 9.94. The molecule has 0 N–H and O–H groups in total. The Morgan fingerprint density at radius 2 is 1.41 bits per heavy atom. The second kappa shape index (κ2) is 18.6. The number of nitrogens with zero attached hydrogens (tertiary/aromatic N) is 1. The minimum Gasteiger partial charge on any atom is -0.440 e. The predicted octanol–water partition coefficient (Wildman–Crippen LogP) is 7.15. The molecule has 3 aromatic rings. The number of methoxy groups -OCH3 is 1. The van der Waals surface area contributed by atoms with Crippen LogP contribution < -0.4 is 0 Å². The van der Waals surface area contributed by atoms with Gasteiger partial charge >= 0.3 is 6.09 Å². The van der Waals surface area contributed by atoms with Crippen LogP contribution >= 0.6 is 0 Å². The molecule has 4 saturated heterocycles. The summed E-state index contributed by atoms with van der Waals surface area (Å²) in [4.78, 5) is 27.4. The number of amides is 2. The molecule has 320 valence electrons. The fraction of sp³-hybridized carbons (Fsp3) is 0.556. The van der Waals surface area contributed by atoms with Crippen LogP contribution in [0.5, 0.6) is 0 Å². The summed E-state index contributed by atoms with van der Waals surface area (Å²) in [6, 6.07) is 28.5. The number of ether oxygens (including phenoxy) is 9. The standard InChI is InChI=1S/C45H59NO12Si/c1-28(2)45(4,5)59(7,8)53-27-34-36(38-35(42(49-6)54-34)46(29(3)47)44(48)58-38)57-43-40(51-25-31-20-14-10-15-21-31)39(50-24-30-18-12-9-13-19-30)37-33(55-43)26-52-41(56-37)32-22-16-11-17-23-32/h9-23,28,33-43H,24-27H2,1-8H3/t33-,34-,35-,36-,37+,38-,39+,40-,41+,42-,43-/m1/s1. The van der Waals surface area contributed by atoms with Crippen LogP contribution in [-0.4, -0.2) is 107 Å². The van der Waals surface area contributed by atoms with Gasteiger partial charge in [0.1, 0.15) is 42.7 Å². The predicted molar refractivity (Wildman–Crippen MR) is 218 cm³/mol. The SMILES string of the molecule is CO[C@@H]1O[C@H](CO[Si](C)(C)C(C)(C)C(C)C)[C@@H](O[C@H]2O[C@@H]3CO[C@H](c4ccccc4)O[C@@H]3[C@H](OCc3ccccc3)[C@H]2OCc2ccccc2)[C@@H]2OC(=O)N(C(C)=O)[C@@H]12. The maximum atomic E-state index is 13.4. The van der Waals surface area contributed by atoms with Crippen molar-refractivity contribution in [1.29, 1.82) is 0 Å². The van der Waals surface area contributed by atoms with E-state index in [-0.39, 0.29) is 31.5 Å². The maximum absolute atomic E-state index is 13.4. The smallest absolute Gasteiger partial charge is 0.417 e. The van der Waals surface area contributed by atoms with Gasteiger partial charge in [-0.1, -0.05) is 119 Å². The molecule has 4 aliphatic rings. The fourth-order valence-corrected chi connectivity index (χ4v) is 10.4. The third-order valence-corrected chi connectivity index (χ3v) is 17.3. The lowest BCUT2D eigenvalue weighted by Gasteiger charge is -2.51. The van der Waals surface area contributed by atoms with Crippen LogP contribution in [0.15, 0.2) is 91.0 Å². The Balaban J connectivity index is 1.25. The van der Waals surface area contributed by atoms with Crippen LogP contribution in [0.3, 0.4) is 0 Å². The zero-order valence-corrected chi connectivity index (χ0v) is 36.3. The van der Waals surface area contributed by atoms with Gasteiger partial charge in [0.05, 0.1) is 26.4 Å². The summed E-state index contributed by atoms with van der Waals surface area (Å²) in [7, 11) is -0.931. The first-order valence-electron chi connectivity index (χ1n) is 20.6. The highest BCUT2D eigenvalue weighted by atomic mass is 28.4. The Morgan fingerprint density at radius 1 is 0.814 bits per heavy atom. The first-order valence-corrected chi connectivity index (χ1v) is 23.5. The van der Waals surface area contributed by atoms with Crippen molar-refractivity contribution in [2.75, 3.05) is 20.3 Å². The first-order chi connectivity index (χ1) is 28.3. The number of benzene rings is 3. The third-order valence-electron chi connectivity index (χ3n) is 12.7. The molecule has 14 heteroatoms. The van der Waals surface area contributed by atoms with E-state index in [1.807, 2.05) is 91.0 Å². The van der Waals surface area contributed by atoms with Gasteiger partial charge in [-0.2, -0.15) is 0 Å². The first kappa shape index (κ1) is 43.5. The Bertz CT molecular complexity index is 1830. The molecule has 0 aliphatic carbocycles. The normalized spacial score (nSPS) is 31.1. The van der Waals surface area contributed by atoms with Crippen LogP contribution in [-0.2, 0) is 65.1 Å². The number of hydrogen-bond acceptors (Lipinski definition) is 12. The minimum absolute atomic E-state index is 0.105. The number of rotatable bonds is 15. The highest BCUT2D eigenvalue weighted by molar-refractivity contribution is 6.74. The van der Waals surface area contributed by atoms with E-state index in [4.69, 9.17) is 47.1 Å². The molecule has 0 saturated carbocycles. The van der Waals surface area contributed by atoms with Crippen molar-refractivity contribution in [3.05, 3.63) is 108 Å². The average molecular weight is 834 g/mol. The molecular formula is C45H59NO12Si. The van der Waals surface area contributed by atoms with Crippen molar-refractivity contribution in [2.45, 2.75) is 134 Å². The van der Waals surface area contributed by atoms with Gasteiger partial charge in [0.15, 0.2) is 33.3 Å². The molecule has 2 amide bonds. The molecule has 11 atom stereocenters. The van der Waals surface area contributed by atoms with Crippen LogP contribution in [0, 0.1) is 5.92 Å². The van der Waals surface area contributed by atoms with Crippen molar-refractivity contribution in [3.63, 3.8) is 0 Å². The van der Waals surface area contributed by atoms with Gasteiger partial charge in [-0.05, 0) is 35.2 Å². The quantitative estimate of drug-likeness (QED) is 0.144. The van der Waals surface area contributed by atoms with Crippen LogP contribution in [0.1, 0.15) is 57.6 Å². The van der Waals surface area contributed by atoms with Gasteiger partial charge < -0.3 is 47.1 Å². The molecular weight excluding hydrogens is 775 g/mol. The lowest BCUT2D eigenvalue weighted by Crippen LogP contribution is -2.67. The molecule has 0 radical (unpaired) electrons. The molecule has 4 fully saturated rings. The van der Waals surface area contributed by atoms with E-state index in [1.165, 1.54) is 14.0 Å². The fourth-order valence-electron chi connectivity index (χ4n) is 8.09. The van der Waals surface area contributed by atoms with Gasteiger partial charge in [-0.15, -0.1) is 0 Å². The zero-order chi connectivity index (χ0) is 41.9. The van der Waals surface area contributed by atoms with E-state index >= 15 is 0 Å². The highest BCUT2D eigenvalue weighted by Gasteiger charge is 2.61. The van der Waals surface area contributed by atoms with Gasteiger partial charge in [0, 0.05) is 19.6 Å². The molecule has 59 heavy (non-hydrogen) atoms. The van der Waals surface area contributed by atoms with E-state index < -0.39 is 88.0 Å². The van der Waals surface area contributed by atoms with Gasteiger partial charge in [0.25, 0.3) is 0 Å². The number of imide groups is 1. The lowest BCUT2D eigenvalue weighted by molar-refractivity contribution is -0.388. The number of carbonyl (C=O) groups is 2. The van der Waals surface area contributed by atoms with E-state index in [9.17, 15) is 9.59 Å². The van der Waals surface area contributed by atoms with Crippen molar-refractivity contribution in [1.82, 2.24) is 4.90 Å². The van der Waals surface area contributed by atoms with E-state index in [0.717, 1.165) is 21.6 Å². The zero-order valence-electron chi connectivity index (χ0n) is 35.3. The molecule has 7 rings (SSSR count). The Hall–Kier alpha value is -3.54. The summed E-state index contributed by atoms with van der Waals surface area (Å²) in [5, 5.41) is -0.105. The van der Waals surface area contributed by atoms with E-state index in [0.29, 0.717) is 5.92 Å². The highest BCUT2D eigenvalue weighted by Crippen LogP contribution is 2.46. The summed E-state index contributed by atoms with van der Waals surface area (Å²) in [6.07, 6.45) is -9.27. The molecule has 0 aromatic heterocycles. The van der Waals surface area contributed by atoms with Crippen LogP contribution in [0.25, 0.3) is 0 Å².